The van der Waals surface area contributed by atoms with E-state index in [9.17, 15) is 9.59 Å². The Morgan fingerprint density at radius 3 is 2.03 bits per heavy atom. The first-order chi connectivity index (χ1) is 15.0. The predicted molar refractivity (Wildman–Crippen MR) is 121 cm³/mol. The standard InChI is InChI=1S/C25H26N2O4/c1-18(2)26-25(29)20-7-6-8-21(17-20)27-24(28)19-11-13-23(14-12-19)31-16-15-30-22-9-4-3-5-10-22/h3-14,17-18H,15-16H2,1-2H3,(H,26,29)(H,27,28). The van der Waals surface area contributed by atoms with Crippen LogP contribution >= 0.6 is 0 Å². The van der Waals surface area contributed by atoms with Gasteiger partial charge < -0.3 is 20.1 Å². The highest BCUT2D eigenvalue weighted by atomic mass is 16.5. The van der Waals surface area contributed by atoms with Crippen LogP contribution in [0.3, 0.4) is 0 Å². The molecule has 6 nitrogen and oxygen atoms in total. The van der Waals surface area contributed by atoms with E-state index in [-0.39, 0.29) is 17.9 Å². The highest BCUT2D eigenvalue weighted by molar-refractivity contribution is 6.05. The summed E-state index contributed by atoms with van der Waals surface area (Å²) in [5.74, 6) is 1.01. The number of amides is 2. The molecule has 3 aromatic rings. The molecule has 31 heavy (non-hydrogen) atoms. The molecule has 0 fully saturated rings. The van der Waals surface area contributed by atoms with E-state index < -0.39 is 0 Å². The summed E-state index contributed by atoms with van der Waals surface area (Å²) < 4.78 is 11.2. The van der Waals surface area contributed by atoms with Crippen molar-refractivity contribution in [2.24, 2.45) is 0 Å². The van der Waals surface area contributed by atoms with Gasteiger partial charge in [-0.1, -0.05) is 24.3 Å². The molecule has 0 radical (unpaired) electrons. The lowest BCUT2D eigenvalue weighted by molar-refractivity contribution is 0.0941. The lowest BCUT2D eigenvalue weighted by atomic mass is 10.1. The van der Waals surface area contributed by atoms with Gasteiger partial charge in [0.2, 0.25) is 0 Å². The van der Waals surface area contributed by atoms with Gasteiger partial charge in [0, 0.05) is 22.9 Å². The maximum Gasteiger partial charge on any atom is 0.255 e. The molecular weight excluding hydrogens is 392 g/mol. The number of para-hydroxylation sites is 1. The number of anilines is 1. The Balaban J connectivity index is 1.50. The van der Waals surface area contributed by atoms with Gasteiger partial charge in [0.25, 0.3) is 11.8 Å². The SMILES string of the molecule is CC(C)NC(=O)c1cccc(NC(=O)c2ccc(OCCOc3ccccc3)cc2)c1. The topological polar surface area (TPSA) is 76.7 Å². The van der Waals surface area contributed by atoms with Crippen LogP contribution in [0, 0.1) is 0 Å². The Labute approximate surface area is 182 Å². The van der Waals surface area contributed by atoms with Crippen LogP contribution in [0.2, 0.25) is 0 Å². The van der Waals surface area contributed by atoms with Gasteiger partial charge in [-0.25, -0.2) is 0 Å². The summed E-state index contributed by atoms with van der Waals surface area (Å²) in [5.41, 5.74) is 1.54. The summed E-state index contributed by atoms with van der Waals surface area (Å²) in [4.78, 5) is 24.7. The first kappa shape index (κ1) is 21.9. The zero-order valence-corrected chi connectivity index (χ0v) is 17.6. The third kappa shape index (κ3) is 6.89. The molecule has 2 N–H and O–H groups in total. The Morgan fingerprint density at radius 2 is 1.39 bits per heavy atom. The van der Waals surface area contributed by atoms with Gasteiger partial charge in [-0.3, -0.25) is 9.59 Å². The molecule has 0 aliphatic heterocycles. The molecule has 0 heterocycles. The molecule has 6 heteroatoms. The molecule has 0 aromatic heterocycles. The number of benzene rings is 3. The highest BCUT2D eigenvalue weighted by Crippen LogP contribution is 2.16. The summed E-state index contributed by atoms with van der Waals surface area (Å²) in [7, 11) is 0. The number of hydrogen-bond acceptors (Lipinski definition) is 4. The maximum atomic E-state index is 12.5. The third-order valence-electron chi connectivity index (χ3n) is 4.28. The van der Waals surface area contributed by atoms with Crippen molar-refractivity contribution >= 4 is 17.5 Å². The molecule has 2 amide bonds. The molecule has 0 saturated carbocycles. The van der Waals surface area contributed by atoms with E-state index in [2.05, 4.69) is 10.6 Å². The van der Waals surface area contributed by atoms with E-state index in [0.29, 0.717) is 35.8 Å². The monoisotopic (exact) mass is 418 g/mol. The second-order valence-electron chi connectivity index (χ2n) is 7.20. The molecule has 0 aliphatic carbocycles. The van der Waals surface area contributed by atoms with Gasteiger partial charge >= 0.3 is 0 Å². The maximum absolute atomic E-state index is 12.5. The van der Waals surface area contributed by atoms with E-state index in [1.165, 1.54) is 0 Å². The largest absolute Gasteiger partial charge is 0.490 e. The molecule has 3 rings (SSSR count). The fraction of sp³-hybridized carbons (Fsp3) is 0.200. The van der Waals surface area contributed by atoms with Crippen LogP contribution in [0.4, 0.5) is 5.69 Å². The van der Waals surface area contributed by atoms with Crippen molar-refractivity contribution < 1.29 is 19.1 Å². The molecule has 0 bridgehead atoms. The minimum Gasteiger partial charge on any atom is -0.490 e. The van der Waals surface area contributed by atoms with Crippen LogP contribution in [-0.4, -0.2) is 31.1 Å². The Morgan fingerprint density at radius 1 is 0.742 bits per heavy atom. The predicted octanol–water partition coefficient (Wildman–Crippen LogP) is 4.53. The van der Waals surface area contributed by atoms with Crippen molar-refractivity contribution in [3.8, 4) is 11.5 Å². The summed E-state index contributed by atoms with van der Waals surface area (Å²) in [5, 5.41) is 5.65. The van der Waals surface area contributed by atoms with E-state index in [1.54, 1.807) is 48.5 Å². The van der Waals surface area contributed by atoms with Crippen molar-refractivity contribution in [3.63, 3.8) is 0 Å². The average Bonchev–Trinajstić information content (AvgIpc) is 2.77. The van der Waals surface area contributed by atoms with Crippen LogP contribution in [0.25, 0.3) is 0 Å². The summed E-state index contributed by atoms with van der Waals surface area (Å²) in [6, 6.07) is 23.3. The highest BCUT2D eigenvalue weighted by Gasteiger charge is 2.10. The minimum absolute atomic E-state index is 0.0383. The molecule has 0 spiro atoms. The van der Waals surface area contributed by atoms with Gasteiger partial charge in [-0.05, 0) is 68.4 Å². The number of nitrogens with one attached hydrogen (secondary N) is 2. The van der Waals surface area contributed by atoms with Gasteiger partial charge in [0.05, 0.1) is 0 Å². The smallest absolute Gasteiger partial charge is 0.255 e. The Bertz CT molecular complexity index is 1000. The number of carbonyl (C=O) groups excluding carboxylic acids is 2. The first-order valence-corrected chi connectivity index (χ1v) is 10.1. The molecule has 160 valence electrons. The number of hydrogen-bond donors (Lipinski definition) is 2. The van der Waals surface area contributed by atoms with Crippen molar-refractivity contribution in [2.75, 3.05) is 18.5 Å². The van der Waals surface area contributed by atoms with Crippen LogP contribution in [0.5, 0.6) is 11.5 Å². The number of ether oxygens (including phenoxy) is 2. The van der Waals surface area contributed by atoms with E-state index in [0.717, 1.165) is 5.75 Å². The molecular formula is C25H26N2O4. The minimum atomic E-state index is -0.264. The Kier molecular flexibility index (Phi) is 7.65. The fourth-order valence-corrected chi connectivity index (χ4v) is 2.83. The van der Waals surface area contributed by atoms with E-state index >= 15 is 0 Å². The molecule has 0 atom stereocenters. The summed E-state index contributed by atoms with van der Waals surface area (Å²) >= 11 is 0. The zero-order valence-electron chi connectivity index (χ0n) is 17.6. The van der Waals surface area contributed by atoms with Gasteiger partial charge in [-0.15, -0.1) is 0 Å². The lowest BCUT2D eigenvalue weighted by Gasteiger charge is -2.11. The summed E-state index contributed by atoms with van der Waals surface area (Å²) in [6.07, 6.45) is 0. The summed E-state index contributed by atoms with van der Waals surface area (Å²) in [6.45, 7) is 4.61. The third-order valence-corrected chi connectivity index (χ3v) is 4.28. The Hall–Kier alpha value is -3.80. The van der Waals surface area contributed by atoms with Crippen molar-refractivity contribution in [2.45, 2.75) is 19.9 Å². The second-order valence-corrected chi connectivity index (χ2v) is 7.20. The normalized spacial score (nSPS) is 10.4. The van der Waals surface area contributed by atoms with Crippen molar-refractivity contribution in [1.82, 2.24) is 5.32 Å². The lowest BCUT2D eigenvalue weighted by Crippen LogP contribution is -2.30. The van der Waals surface area contributed by atoms with Crippen molar-refractivity contribution in [1.29, 1.82) is 0 Å². The molecule has 3 aromatic carbocycles. The average molecular weight is 418 g/mol. The van der Waals surface area contributed by atoms with Gasteiger partial charge in [-0.2, -0.15) is 0 Å². The van der Waals surface area contributed by atoms with Crippen molar-refractivity contribution in [3.05, 3.63) is 90.0 Å². The van der Waals surface area contributed by atoms with Crippen LogP contribution in [0.15, 0.2) is 78.9 Å². The number of rotatable bonds is 9. The second kappa shape index (κ2) is 10.8. The van der Waals surface area contributed by atoms with Crippen LogP contribution < -0.4 is 20.1 Å². The van der Waals surface area contributed by atoms with Crippen LogP contribution in [0.1, 0.15) is 34.6 Å². The van der Waals surface area contributed by atoms with E-state index in [4.69, 9.17) is 9.47 Å². The first-order valence-electron chi connectivity index (χ1n) is 10.1. The quantitative estimate of drug-likeness (QED) is 0.501. The van der Waals surface area contributed by atoms with Gasteiger partial charge in [0.15, 0.2) is 0 Å². The number of carbonyl (C=O) groups is 2. The van der Waals surface area contributed by atoms with E-state index in [1.807, 2.05) is 44.2 Å². The van der Waals surface area contributed by atoms with Gasteiger partial charge in [0.1, 0.15) is 24.7 Å². The molecule has 0 unspecified atom stereocenters. The molecule has 0 saturated heterocycles. The van der Waals surface area contributed by atoms with Crippen LogP contribution in [-0.2, 0) is 0 Å². The molecule has 0 aliphatic rings. The fourth-order valence-electron chi connectivity index (χ4n) is 2.83. The zero-order chi connectivity index (χ0) is 22.1.